The Morgan fingerprint density at radius 2 is 1.94 bits per heavy atom. The molecule has 0 spiro atoms. The van der Waals surface area contributed by atoms with E-state index in [9.17, 15) is 9.59 Å². The number of nitrogens with two attached hydrogens (primary N) is 1. The predicted octanol–water partition coefficient (Wildman–Crippen LogP) is 0.688. The van der Waals surface area contributed by atoms with Crippen LogP contribution in [0.2, 0.25) is 0 Å². The first kappa shape index (κ1) is 13.2. The molecule has 92 valence electrons. The molecule has 0 aliphatic carbocycles. The van der Waals surface area contributed by atoms with Crippen molar-refractivity contribution in [2.45, 2.75) is 19.4 Å². The van der Waals surface area contributed by atoms with Crippen LogP contribution in [0.4, 0.5) is 5.69 Å². The van der Waals surface area contributed by atoms with Crippen LogP contribution >= 0.6 is 0 Å². The molecule has 0 aromatic heterocycles. The van der Waals surface area contributed by atoms with Crippen molar-refractivity contribution in [2.24, 2.45) is 5.73 Å². The minimum absolute atomic E-state index is 0.197. The standard InChI is InChI=1S/C12H16N2O3/c1-8(17-2)12(16)14-10-5-3-9(4-6-10)7-11(13)15/h3-6,8H,7H2,1-2H3,(H2,13,15)(H,14,16). The monoisotopic (exact) mass is 236 g/mol. The van der Waals surface area contributed by atoms with Crippen LogP contribution in [0, 0.1) is 0 Å². The molecule has 0 heterocycles. The van der Waals surface area contributed by atoms with E-state index < -0.39 is 6.10 Å². The molecular formula is C12H16N2O3. The summed E-state index contributed by atoms with van der Waals surface area (Å²) in [6.45, 7) is 1.66. The number of primary amides is 1. The molecule has 0 bridgehead atoms. The lowest BCUT2D eigenvalue weighted by Crippen LogP contribution is -2.26. The number of nitrogens with one attached hydrogen (secondary N) is 1. The van der Waals surface area contributed by atoms with Gasteiger partial charge in [-0.15, -0.1) is 0 Å². The summed E-state index contributed by atoms with van der Waals surface area (Å²) in [4.78, 5) is 22.2. The Morgan fingerprint density at radius 1 is 1.35 bits per heavy atom. The first-order chi connectivity index (χ1) is 8.02. The van der Waals surface area contributed by atoms with Crippen molar-refractivity contribution in [1.82, 2.24) is 0 Å². The average molecular weight is 236 g/mol. The van der Waals surface area contributed by atoms with Crippen molar-refractivity contribution in [3.63, 3.8) is 0 Å². The van der Waals surface area contributed by atoms with Gasteiger partial charge in [-0.2, -0.15) is 0 Å². The molecule has 0 saturated heterocycles. The fourth-order valence-electron chi connectivity index (χ4n) is 1.26. The van der Waals surface area contributed by atoms with E-state index in [0.29, 0.717) is 5.69 Å². The molecule has 1 unspecified atom stereocenters. The highest BCUT2D eigenvalue weighted by molar-refractivity contribution is 5.93. The van der Waals surface area contributed by atoms with Crippen molar-refractivity contribution in [3.05, 3.63) is 29.8 Å². The van der Waals surface area contributed by atoms with E-state index in [1.807, 2.05) is 0 Å². The van der Waals surface area contributed by atoms with Crippen molar-refractivity contribution in [1.29, 1.82) is 0 Å². The van der Waals surface area contributed by atoms with Gasteiger partial charge in [0.15, 0.2) is 0 Å². The second-order valence-corrected chi connectivity index (χ2v) is 3.71. The molecule has 5 heteroatoms. The van der Waals surface area contributed by atoms with Gasteiger partial charge in [-0.1, -0.05) is 12.1 Å². The van der Waals surface area contributed by atoms with Crippen LogP contribution in [-0.4, -0.2) is 25.0 Å². The summed E-state index contributed by atoms with van der Waals surface area (Å²) in [7, 11) is 1.47. The third-order valence-corrected chi connectivity index (χ3v) is 2.32. The van der Waals surface area contributed by atoms with E-state index in [0.717, 1.165) is 5.56 Å². The molecule has 0 fully saturated rings. The Hall–Kier alpha value is -1.88. The molecule has 1 rings (SSSR count). The van der Waals surface area contributed by atoms with E-state index in [1.165, 1.54) is 7.11 Å². The normalized spacial score (nSPS) is 11.9. The zero-order chi connectivity index (χ0) is 12.8. The Balaban J connectivity index is 2.62. The van der Waals surface area contributed by atoms with Crippen molar-refractivity contribution < 1.29 is 14.3 Å². The predicted molar refractivity (Wildman–Crippen MR) is 64.4 cm³/mol. The average Bonchev–Trinajstić information content (AvgIpc) is 2.30. The number of methoxy groups -OCH3 is 1. The van der Waals surface area contributed by atoms with Gasteiger partial charge >= 0.3 is 0 Å². The van der Waals surface area contributed by atoms with Crippen LogP contribution in [0.25, 0.3) is 0 Å². The first-order valence-corrected chi connectivity index (χ1v) is 5.24. The summed E-state index contributed by atoms with van der Waals surface area (Å²) < 4.78 is 4.89. The minimum atomic E-state index is -0.500. The Bertz CT molecular complexity index is 401. The molecule has 3 N–H and O–H groups in total. The van der Waals surface area contributed by atoms with Gasteiger partial charge in [-0.05, 0) is 24.6 Å². The number of ether oxygens (including phenoxy) is 1. The highest BCUT2D eigenvalue weighted by Gasteiger charge is 2.11. The number of rotatable bonds is 5. The van der Waals surface area contributed by atoms with E-state index in [-0.39, 0.29) is 18.2 Å². The maximum atomic E-state index is 11.5. The van der Waals surface area contributed by atoms with E-state index >= 15 is 0 Å². The van der Waals surface area contributed by atoms with Crippen molar-refractivity contribution in [3.8, 4) is 0 Å². The maximum Gasteiger partial charge on any atom is 0.253 e. The largest absolute Gasteiger partial charge is 0.372 e. The third kappa shape index (κ3) is 4.24. The molecule has 0 saturated carbocycles. The molecule has 1 atom stereocenters. The number of anilines is 1. The summed E-state index contributed by atoms with van der Waals surface area (Å²) in [6.07, 6.45) is -0.303. The van der Waals surface area contributed by atoms with Crippen LogP contribution in [0.5, 0.6) is 0 Å². The Kier molecular flexibility index (Phi) is 4.66. The minimum Gasteiger partial charge on any atom is -0.372 e. The van der Waals surface area contributed by atoms with Gasteiger partial charge in [-0.3, -0.25) is 9.59 Å². The SMILES string of the molecule is COC(C)C(=O)Nc1ccc(CC(N)=O)cc1. The smallest absolute Gasteiger partial charge is 0.253 e. The highest BCUT2D eigenvalue weighted by Crippen LogP contribution is 2.10. The molecular weight excluding hydrogens is 220 g/mol. The van der Waals surface area contributed by atoms with Crippen LogP contribution in [0.1, 0.15) is 12.5 Å². The molecule has 5 nitrogen and oxygen atoms in total. The van der Waals surface area contributed by atoms with Gasteiger partial charge in [0.2, 0.25) is 5.91 Å². The quantitative estimate of drug-likeness (QED) is 0.789. The number of hydrogen-bond donors (Lipinski definition) is 2. The summed E-state index contributed by atoms with van der Waals surface area (Å²) in [5, 5.41) is 2.69. The van der Waals surface area contributed by atoms with Gasteiger partial charge in [0.05, 0.1) is 6.42 Å². The van der Waals surface area contributed by atoms with Gasteiger partial charge in [0.25, 0.3) is 5.91 Å². The lowest BCUT2D eigenvalue weighted by atomic mass is 10.1. The molecule has 17 heavy (non-hydrogen) atoms. The van der Waals surface area contributed by atoms with Gasteiger partial charge in [0.1, 0.15) is 6.10 Å². The second-order valence-electron chi connectivity index (χ2n) is 3.71. The zero-order valence-corrected chi connectivity index (χ0v) is 9.90. The highest BCUT2D eigenvalue weighted by atomic mass is 16.5. The second kappa shape index (κ2) is 6.00. The molecule has 2 amide bonds. The lowest BCUT2D eigenvalue weighted by molar-refractivity contribution is -0.124. The number of carbonyl (C=O) groups excluding carboxylic acids is 2. The van der Waals surface area contributed by atoms with Crippen molar-refractivity contribution in [2.75, 3.05) is 12.4 Å². The van der Waals surface area contributed by atoms with Gasteiger partial charge in [0, 0.05) is 12.8 Å². The van der Waals surface area contributed by atoms with Crippen LogP contribution in [-0.2, 0) is 20.7 Å². The Morgan fingerprint density at radius 3 is 2.41 bits per heavy atom. The summed E-state index contributed by atoms with van der Waals surface area (Å²) in [5.41, 5.74) is 6.55. The van der Waals surface area contributed by atoms with Crippen molar-refractivity contribution >= 4 is 17.5 Å². The van der Waals surface area contributed by atoms with Crippen LogP contribution in [0.15, 0.2) is 24.3 Å². The summed E-state index contributed by atoms with van der Waals surface area (Å²) >= 11 is 0. The first-order valence-electron chi connectivity index (χ1n) is 5.24. The van der Waals surface area contributed by atoms with Gasteiger partial charge in [-0.25, -0.2) is 0 Å². The molecule has 1 aromatic rings. The number of hydrogen-bond acceptors (Lipinski definition) is 3. The number of benzene rings is 1. The summed E-state index contributed by atoms with van der Waals surface area (Å²) in [5.74, 6) is -0.593. The maximum absolute atomic E-state index is 11.5. The van der Waals surface area contributed by atoms with Crippen LogP contribution in [0.3, 0.4) is 0 Å². The number of carbonyl (C=O) groups is 2. The molecule has 0 aliphatic rings. The Labute approximate surface area is 99.9 Å². The summed E-state index contributed by atoms with van der Waals surface area (Å²) in [6, 6.07) is 6.94. The molecule has 0 aliphatic heterocycles. The number of amides is 2. The zero-order valence-electron chi connectivity index (χ0n) is 9.90. The third-order valence-electron chi connectivity index (χ3n) is 2.32. The fourth-order valence-corrected chi connectivity index (χ4v) is 1.26. The van der Waals surface area contributed by atoms with Crippen LogP contribution < -0.4 is 11.1 Å². The van der Waals surface area contributed by atoms with E-state index in [1.54, 1.807) is 31.2 Å². The topological polar surface area (TPSA) is 81.4 Å². The van der Waals surface area contributed by atoms with Gasteiger partial charge < -0.3 is 15.8 Å². The van der Waals surface area contributed by atoms with E-state index in [2.05, 4.69) is 5.32 Å². The molecule has 1 aromatic carbocycles. The fraction of sp³-hybridized carbons (Fsp3) is 0.333. The lowest BCUT2D eigenvalue weighted by Gasteiger charge is -2.10. The molecule has 0 radical (unpaired) electrons. The van der Waals surface area contributed by atoms with E-state index in [4.69, 9.17) is 10.5 Å².